The third-order valence-corrected chi connectivity index (χ3v) is 4.50. The van der Waals surface area contributed by atoms with Gasteiger partial charge in [-0.2, -0.15) is 0 Å². The van der Waals surface area contributed by atoms with E-state index in [9.17, 15) is 4.79 Å². The lowest BCUT2D eigenvalue weighted by atomic mass is 10.1. The zero-order valence-electron chi connectivity index (χ0n) is 15.3. The van der Waals surface area contributed by atoms with Crippen molar-refractivity contribution in [3.05, 3.63) is 76.9 Å². The molecule has 0 aliphatic carbocycles. The average Bonchev–Trinajstić information content (AvgIpc) is 2.68. The summed E-state index contributed by atoms with van der Waals surface area (Å²) in [6.45, 7) is 7.16. The van der Waals surface area contributed by atoms with Gasteiger partial charge in [0, 0.05) is 32.3 Å². The Bertz CT molecular complexity index is 730. The predicted molar refractivity (Wildman–Crippen MR) is 105 cm³/mol. The highest BCUT2D eigenvalue weighted by atomic mass is 16.5. The van der Waals surface area contributed by atoms with Crippen LogP contribution in [0.4, 0.5) is 0 Å². The van der Waals surface area contributed by atoms with E-state index in [2.05, 4.69) is 34.5 Å². The number of nitrogens with one attached hydrogen (secondary N) is 1. The van der Waals surface area contributed by atoms with E-state index in [0.29, 0.717) is 6.54 Å². The first-order valence-electron chi connectivity index (χ1n) is 9.09. The molecule has 0 unspecified atom stereocenters. The molecule has 1 saturated heterocycles. The topological polar surface area (TPSA) is 41.6 Å². The third kappa shape index (κ3) is 5.83. The van der Waals surface area contributed by atoms with Gasteiger partial charge in [0.05, 0.1) is 13.2 Å². The Balaban J connectivity index is 1.45. The van der Waals surface area contributed by atoms with Gasteiger partial charge >= 0.3 is 0 Å². The highest BCUT2D eigenvalue weighted by Gasteiger charge is 2.10. The fraction of sp³-hybridized carbons (Fsp3) is 0.318. The standard InChI is InChI=1S/C22H26N2O2/c1-18-2-4-19(5-3-18)10-11-22(25)23-16-20-6-8-21(9-7-20)17-24-12-14-26-15-13-24/h2-11H,12-17H2,1H3,(H,23,25)/b11-10+. The van der Waals surface area contributed by atoms with Crippen LogP contribution in [0.5, 0.6) is 0 Å². The second-order valence-electron chi connectivity index (χ2n) is 6.67. The van der Waals surface area contributed by atoms with E-state index >= 15 is 0 Å². The SMILES string of the molecule is Cc1ccc(/C=C/C(=O)NCc2ccc(CN3CCOCC3)cc2)cc1. The van der Waals surface area contributed by atoms with Gasteiger partial charge in [0.1, 0.15) is 0 Å². The zero-order chi connectivity index (χ0) is 18.2. The molecule has 4 heteroatoms. The van der Waals surface area contributed by atoms with E-state index < -0.39 is 0 Å². The van der Waals surface area contributed by atoms with E-state index in [1.807, 2.05) is 37.3 Å². The van der Waals surface area contributed by atoms with Crippen LogP contribution in [-0.2, 0) is 22.6 Å². The number of amides is 1. The van der Waals surface area contributed by atoms with Crippen molar-refractivity contribution in [1.29, 1.82) is 0 Å². The molecule has 1 aliphatic heterocycles. The van der Waals surface area contributed by atoms with E-state index in [1.54, 1.807) is 6.08 Å². The van der Waals surface area contributed by atoms with Crippen molar-refractivity contribution < 1.29 is 9.53 Å². The molecule has 1 fully saturated rings. The van der Waals surface area contributed by atoms with Gasteiger partial charge in [-0.05, 0) is 29.7 Å². The zero-order valence-corrected chi connectivity index (χ0v) is 15.3. The number of ether oxygens (including phenoxy) is 1. The lowest BCUT2D eigenvalue weighted by Gasteiger charge is -2.26. The molecule has 0 spiro atoms. The fourth-order valence-electron chi connectivity index (χ4n) is 2.88. The summed E-state index contributed by atoms with van der Waals surface area (Å²) in [5, 5.41) is 2.93. The van der Waals surface area contributed by atoms with Gasteiger partial charge in [0.15, 0.2) is 0 Å². The van der Waals surface area contributed by atoms with E-state index in [-0.39, 0.29) is 5.91 Å². The van der Waals surface area contributed by atoms with Crippen LogP contribution in [0.1, 0.15) is 22.3 Å². The monoisotopic (exact) mass is 350 g/mol. The molecule has 1 N–H and O–H groups in total. The highest BCUT2D eigenvalue weighted by molar-refractivity contribution is 5.91. The number of carbonyl (C=O) groups is 1. The molecule has 2 aromatic rings. The van der Waals surface area contributed by atoms with Gasteiger partial charge in [0.25, 0.3) is 0 Å². The molecule has 3 rings (SSSR count). The first kappa shape index (κ1) is 18.4. The molecule has 0 aromatic heterocycles. The Morgan fingerprint density at radius 1 is 1.04 bits per heavy atom. The van der Waals surface area contributed by atoms with E-state index in [1.165, 1.54) is 11.1 Å². The number of rotatable bonds is 6. The number of hydrogen-bond donors (Lipinski definition) is 1. The van der Waals surface area contributed by atoms with E-state index in [0.717, 1.165) is 44.0 Å². The van der Waals surface area contributed by atoms with Crippen LogP contribution in [-0.4, -0.2) is 37.1 Å². The number of nitrogens with zero attached hydrogens (tertiary/aromatic N) is 1. The molecule has 26 heavy (non-hydrogen) atoms. The average molecular weight is 350 g/mol. The summed E-state index contributed by atoms with van der Waals surface area (Å²) in [4.78, 5) is 14.4. The molecule has 0 saturated carbocycles. The minimum Gasteiger partial charge on any atom is -0.379 e. The summed E-state index contributed by atoms with van der Waals surface area (Å²) < 4.78 is 5.38. The summed E-state index contributed by atoms with van der Waals surface area (Å²) in [6, 6.07) is 16.5. The molecule has 1 heterocycles. The predicted octanol–water partition coefficient (Wildman–Crippen LogP) is 3.16. The molecule has 4 nitrogen and oxygen atoms in total. The number of aryl methyl sites for hydroxylation is 1. The Kier molecular flexibility index (Phi) is 6.58. The lowest BCUT2D eigenvalue weighted by molar-refractivity contribution is -0.116. The lowest BCUT2D eigenvalue weighted by Crippen LogP contribution is -2.35. The van der Waals surface area contributed by atoms with Crippen molar-refractivity contribution >= 4 is 12.0 Å². The summed E-state index contributed by atoms with van der Waals surface area (Å²) >= 11 is 0. The molecular formula is C22H26N2O2. The number of morpholine rings is 1. The van der Waals surface area contributed by atoms with Crippen molar-refractivity contribution in [2.75, 3.05) is 26.3 Å². The van der Waals surface area contributed by atoms with Crippen molar-refractivity contribution in [3.63, 3.8) is 0 Å². The first-order valence-corrected chi connectivity index (χ1v) is 9.09. The van der Waals surface area contributed by atoms with Crippen molar-refractivity contribution in [1.82, 2.24) is 10.2 Å². The molecule has 1 aliphatic rings. The van der Waals surface area contributed by atoms with Gasteiger partial charge in [-0.25, -0.2) is 0 Å². The van der Waals surface area contributed by atoms with Crippen molar-refractivity contribution in [2.45, 2.75) is 20.0 Å². The van der Waals surface area contributed by atoms with E-state index in [4.69, 9.17) is 4.74 Å². The fourth-order valence-corrected chi connectivity index (χ4v) is 2.88. The molecule has 136 valence electrons. The molecule has 2 aromatic carbocycles. The van der Waals surface area contributed by atoms with Crippen molar-refractivity contribution in [3.8, 4) is 0 Å². The third-order valence-electron chi connectivity index (χ3n) is 4.50. The quantitative estimate of drug-likeness (QED) is 0.814. The maximum Gasteiger partial charge on any atom is 0.244 e. The molecule has 1 amide bonds. The smallest absolute Gasteiger partial charge is 0.244 e. The van der Waals surface area contributed by atoms with Gasteiger partial charge < -0.3 is 10.1 Å². The highest BCUT2D eigenvalue weighted by Crippen LogP contribution is 2.09. The maximum atomic E-state index is 12.0. The second-order valence-corrected chi connectivity index (χ2v) is 6.67. The summed E-state index contributed by atoms with van der Waals surface area (Å²) in [7, 11) is 0. The van der Waals surface area contributed by atoms with Gasteiger partial charge in [-0.15, -0.1) is 0 Å². The van der Waals surface area contributed by atoms with Gasteiger partial charge in [0.2, 0.25) is 5.91 Å². The molecular weight excluding hydrogens is 324 g/mol. The Morgan fingerprint density at radius 3 is 2.38 bits per heavy atom. The Labute approximate surface area is 155 Å². The van der Waals surface area contributed by atoms with Crippen molar-refractivity contribution in [2.24, 2.45) is 0 Å². The van der Waals surface area contributed by atoms with Crippen LogP contribution in [0.15, 0.2) is 54.6 Å². The molecule has 0 atom stereocenters. The minimum absolute atomic E-state index is 0.0806. The molecule has 0 radical (unpaired) electrons. The number of carbonyl (C=O) groups excluding carboxylic acids is 1. The van der Waals surface area contributed by atoms with Crippen LogP contribution in [0, 0.1) is 6.92 Å². The first-order chi connectivity index (χ1) is 12.7. The van der Waals surface area contributed by atoms with Crippen LogP contribution in [0.25, 0.3) is 6.08 Å². The largest absolute Gasteiger partial charge is 0.379 e. The van der Waals surface area contributed by atoms with Crippen LogP contribution in [0.3, 0.4) is 0 Å². The number of benzene rings is 2. The minimum atomic E-state index is -0.0806. The van der Waals surface area contributed by atoms with Gasteiger partial charge in [-0.1, -0.05) is 54.1 Å². The normalized spacial score (nSPS) is 15.3. The number of hydrogen-bond acceptors (Lipinski definition) is 3. The summed E-state index contributed by atoms with van der Waals surface area (Å²) in [6.07, 6.45) is 3.41. The second kappa shape index (κ2) is 9.32. The molecule has 0 bridgehead atoms. The Morgan fingerprint density at radius 2 is 1.69 bits per heavy atom. The van der Waals surface area contributed by atoms with Gasteiger partial charge in [-0.3, -0.25) is 9.69 Å². The maximum absolute atomic E-state index is 12.0. The summed E-state index contributed by atoms with van der Waals surface area (Å²) in [5.41, 5.74) is 4.64. The van der Waals surface area contributed by atoms with Crippen LogP contribution in [0.2, 0.25) is 0 Å². The van der Waals surface area contributed by atoms with Crippen LogP contribution >= 0.6 is 0 Å². The Hall–Kier alpha value is -2.43. The summed E-state index contributed by atoms with van der Waals surface area (Å²) in [5.74, 6) is -0.0806. The van der Waals surface area contributed by atoms with Crippen LogP contribution < -0.4 is 5.32 Å².